The van der Waals surface area contributed by atoms with E-state index < -0.39 is 15.9 Å². The van der Waals surface area contributed by atoms with Crippen molar-refractivity contribution in [2.24, 2.45) is 5.18 Å². The van der Waals surface area contributed by atoms with Crippen LogP contribution in [0.3, 0.4) is 0 Å². The van der Waals surface area contributed by atoms with Gasteiger partial charge in [0, 0.05) is 5.18 Å². The van der Waals surface area contributed by atoms with E-state index >= 15 is 0 Å². The van der Waals surface area contributed by atoms with Gasteiger partial charge in [0.2, 0.25) is 0 Å². The Morgan fingerprint density at radius 3 is 2.62 bits per heavy atom. The first kappa shape index (κ1) is 10.5. The molecule has 0 unspecified atom stereocenters. The lowest BCUT2D eigenvalue weighted by atomic mass is 10.2. The van der Waals surface area contributed by atoms with Crippen LogP contribution in [0, 0.1) is 4.91 Å². The summed E-state index contributed by atoms with van der Waals surface area (Å²) in [6.45, 7) is 0. The number of nitrogens with zero attached hydrogens (tertiary/aromatic N) is 1. The fourth-order valence-corrected chi connectivity index (χ4v) is 2.62. The minimum Gasteiger partial charge on any atom is -0.274 e. The van der Waals surface area contributed by atoms with E-state index in [4.69, 9.17) is 0 Å². The number of rotatable bonds is 1. The Morgan fingerprint density at radius 2 is 1.94 bits per heavy atom. The minimum absolute atomic E-state index is 0.0671. The second kappa shape index (κ2) is 3.53. The highest BCUT2D eigenvalue weighted by atomic mass is 32.2. The number of fused-ring (bicyclic) bond motifs is 1. The molecule has 1 aromatic carbocycles. The van der Waals surface area contributed by atoms with E-state index in [1.54, 1.807) is 12.1 Å². The van der Waals surface area contributed by atoms with Crippen molar-refractivity contribution in [1.82, 2.24) is 4.72 Å². The Balaban J connectivity index is 2.65. The topological polar surface area (TPSA) is 92.7 Å². The van der Waals surface area contributed by atoms with Gasteiger partial charge in [-0.15, -0.1) is 4.91 Å². The van der Waals surface area contributed by atoms with Crippen LogP contribution in [0.25, 0.3) is 6.08 Å². The summed E-state index contributed by atoms with van der Waals surface area (Å²) in [6, 6.07) is 6.14. The summed E-state index contributed by atoms with van der Waals surface area (Å²) in [5, 5.41) is 2.17. The molecule has 0 spiro atoms. The van der Waals surface area contributed by atoms with Crippen molar-refractivity contribution in [2.45, 2.75) is 4.90 Å². The molecule has 0 fully saturated rings. The van der Waals surface area contributed by atoms with Gasteiger partial charge >= 0.3 is 5.91 Å². The predicted molar refractivity (Wildman–Crippen MR) is 55.5 cm³/mol. The van der Waals surface area contributed by atoms with Crippen LogP contribution in [0.4, 0.5) is 0 Å². The summed E-state index contributed by atoms with van der Waals surface area (Å²) in [5.41, 5.74) is 0.0157. The average Bonchev–Trinajstić information content (AvgIpc) is 2.27. The minimum atomic E-state index is -3.78. The molecule has 0 aromatic heterocycles. The van der Waals surface area contributed by atoms with Gasteiger partial charge in [0.05, 0.1) is 4.90 Å². The van der Waals surface area contributed by atoms with Crippen LogP contribution in [0.1, 0.15) is 5.56 Å². The zero-order chi connectivity index (χ0) is 11.8. The summed E-state index contributed by atoms with van der Waals surface area (Å²) in [7, 11) is -3.78. The molecule has 0 aliphatic carbocycles. The van der Waals surface area contributed by atoms with Gasteiger partial charge in [-0.05, 0) is 17.7 Å². The number of hydrogen-bond acceptors (Lipinski definition) is 4. The van der Waals surface area contributed by atoms with Crippen molar-refractivity contribution >= 4 is 22.0 Å². The van der Waals surface area contributed by atoms with E-state index in [0.29, 0.717) is 5.56 Å². The molecule has 0 bridgehead atoms. The highest BCUT2D eigenvalue weighted by molar-refractivity contribution is 7.89. The largest absolute Gasteiger partial charge is 0.333 e. The summed E-state index contributed by atoms with van der Waals surface area (Å²) in [5.74, 6) is -1.14. The van der Waals surface area contributed by atoms with Crippen LogP contribution in [-0.2, 0) is 14.8 Å². The molecule has 1 heterocycles. The first-order valence-corrected chi connectivity index (χ1v) is 5.74. The Bertz CT molecular complexity index is 604. The number of nitrogens with one attached hydrogen (secondary N) is 1. The molecule has 0 saturated heterocycles. The van der Waals surface area contributed by atoms with E-state index in [0.717, 1.165) is 0 Å². The molecule has 1 N–H and O–H groups in total. The molecule has 2 rings (SSSR count). The highest BCUT2D eigenvalue weighted by Gasteiger charge is 2.26. The molecular weight excluding hydrogens is 232 g/mol. The molecule has 0 saturated carbocycles. The molecule has 1 amide bonds. The zero-order valence-electron chi connectivity index (χ0n) is 7.88. The average molecular weight is 238 g/mol. The SMILES string of the molecule is O=NC(=O)C1=Cc2ccccc2S(=O)(=O)N1. The molecule has 0 atom stereocenters. The van der Waals surface area contributed by atoms with Crippen molar-refractivity contribution in [3.63, 3.8) is 0 Å². The van der Waals surface area contributed by atoms with Crippen LogP contribution >= 0.6 is 0 Å². The first-order valence-electron chi connectivity index (χ1n) is 4.26. The second-order valence-corrected chi connectivity index (χ2v) is 4.75. The molecule has 0 radical (unpaired) electrons. The van der Waals surface area contributed by atoms with Crippen molar-refractivity contribution in [2.75, 3.05) is 0 Å². The Morgan fingerprint density at radius 1 is 1.25 bits per heavy atom. The monoisotopic (exact) mass is 238 g/mol. The number of sulfonamides is 1. The van der Waals surface area contributed by atoms with Gasteiger partial charge in [0.1, 0.15) is 5.70 Å². The first-order chi connectivity index (χ1) is 7.54. The lowest BCUT2D eigenvalue weighted by Gasteiger charge is -2.15. The number of benzene rings is 1. The van der Waals surface area contributed by atoms with Crippen molar-refractivity contribution < 1.29 is 13.2 Å². The van der Waals surface area contributed by atoms with E-state index in [1.807, 2.05) is 4.72 Å². The lowest BCUT2D eigenvalue weighted by Crippen LogP contribution is -2.30. The van der Waals surface area contributed by atoms with Crippen LogP contribution in [0.5, 0.6) is 0 Å². The van der Waals surface area contributed by atoms with E-state index in [2.05, 4.69) is 5.18 Å². The van der Waals surface area contributed by atoms with Gasteiger partial charge in [0.15, 0.2) is 0 Å². The van der Waals surface area contributed by atoms with Crippen molar-refractivity contribution in [3.05, 3.63) is 40.4 Å². The third kappa shape index (κ3) is 1.61. The number of amides is 1. The van der Waals surface area contributed by atoms with Crippen LogP contribution in [0.15, 0.2) is 40.0 Å². The molecule has 6 nitrogen and oxygen atoms in total. The van der Waals surface area contributed by atoms with Crippen LogP contribution in [0.2, 0.25) is 0 Å². The van der Waals surface area contributed by atoms with Gasteiger partial charge in [-0.1, -0.05) is 18.2 Å². The smallest absolute Gasteiger partial charge is 0.274 e. The van der Waals surface area contributed by atoms with Gasteiger partial charge in [-0.3, -0.25) is 9.52 Å². The van der Waals surface area contributed by atoms with E-state index in [-0.39, 0.29) is 10.6 Å². The summed E-state index contributed by atoms with van der Waals surface area (Å²) in [6.07, 6.45) is 1.28. The fourth-order valence-electron chi connectivity index (χ4n) is 1.38. The maximum absolute atomic E-state index is 11.7. The van der Waals surface area contributed by atoms with E-state index in [9.17, 15) is 18.1 Å². The Labute approximate surface area is 91.0 Å². The fraction of sp³-hybridized carbons (Fsp3) is 0. The lowest BCUT2D eigenvalue weighted by molar-refractivity contribution is -0.114. The molecule has 82 valence electrons. The van der Waals surface area contributed by atoms with Crippen LogP contribution < -0.4 is 4.72 Å². The quantitative estimate of drug-likeness (QED) is 0.725. The molecular formula is C9H6N2O4S. The van der Waals surface area contributed by atoms with Crippen LogP contribution in [-0.4, -0.2) is 14.3 Å². The molecule has 1 aliphatic heterocycles. The number of carbonyl (C=O) groups is 1. The third-order valence-electron chi connectivity index (χ3n) is 2.07. The number of nitroso groups, excluding NO2 is 1. The third-order valence-corrected chi connectivity index (χ3v) is 3.51. The molecule has 1 aromatic rings. The van der Waals surface area contributed by atoms with Gasteiger partial charge < -0.3 is 0 Å². The highest BCUT2D eigenvalue weighted by Crippen LogP contribution is 2.23. The van der Waals surface area contributed by atoms with E-state index in [1.165, 1.54) is 18.2 Å². The van der Waals surface area contributed by atoms with Gasteiger partial charge in [-0.2, -0.15) is 0 Å². The molecule has 16 heavy (non-hydrogen) atoms. The normalized spacial score (nSPS) is 16.6. The molecule has 1 aliphatic rings. The number of hydrogen-bond donors (Lipinski definition) is 1. The van der Waals surface area contributed by atoms with Gasteiger partial charge in [0.25, 0.3) is 10.0 Å². The van der Waals surface area contributed by atoms with Crippen molar-refractivity contribution in [1.29, 1.82) is 0 Å². The summed E-state index contributed by atoms with van der Waals surface area (Å²) < 4.78 is 25.3. The summed E-state index contributed by atoms with van der Waals surface area (Å²) >= 11 is 0. The number of carbonyl (C=O) groups excluding carboxylic acids is 1. The maximum Gasteiger partial charge on any atom is 0.333 e. The predicted octanol–water partition coefficient (Wildman–Crippen LogP) is 0.612. The zero-order valence-corrected chi connectivity index (χ0v) is 8.69. The van der Waals surface area contributed by atoms with Crippen molar-refractivity contribution in [3.8, 4) is 0 Å². The Hall–Kier alpha value is -2.02. The Kier molecular flexibility index (Phi) is 2.31. The second-order valence-electron chi connectivity index (χ2n) is 3.10. The maximum atomic E-state index is 11.7. The standard InChI is InChI=1S/C9H6N2O4S/c12-9(10-13)7-5-6-3-1-2-4-8(6)16(14,15)11-7/h1-5,11H. The van der Waals surface area contributed by atoms with Gasteiger partial charge in [-0.25, -0.2) is 8.42 Å². The summed E-state index contributed by atoms with van der Waals surface area (Å²) in [4.78, 5) is 21.1. The molecule has 7 heteroatoms.